The number of rotatable bonds is 5. The molecule has 0 saturated carbocycles. The average molecular weight is 189 g/mol. The molecule has 0 bridgehead atoms. The Hall–Kier alpha value is -1.24. The molecule has 0 aromatic heterocycles. The second-order valence-electron chi connectivity index (χ2n) is 3.75. The van der Waals surface area contributed by atoms with Gasteiger partial charge in [0.25, 0.3) is 0 Å². The Balaban J connectivity index is 2.69. The summed E-state index contributed by atoms with van der Waals surface area (Å²) in [5.41, 5.74) is 2.64. The predicted molar refractivity (Wildman–Crippen MR) is 63.8 cm³/mol. The lowest BCUT2D eigenvalue weighted by molar-refractivity contribution is 0.865. The van der Waals surface area contributed by atoms with E-state index in [1.165, 1.54) is 11.3 Å². The van der Waals surface area contributed by atoms with Gasteiger partial charge in [-0.3, -0.25) is 0 Å². The summed E-state index contributed by atoms with van der Waals surface area (Å²) in [7, 11) is 0. The van der Waals surface area contributed by atoms with Crippen LogP contribution < -0.4 is 5.32 Å². The highest BCUT2D eigenvalue weighted by molar-refractivity contribution is 5.52. The number of hydrogen-bond donors (Lipinski definition) is 1. The lowest BCUT2D eigenvalue weighted by Crippen LogP contribution is -2.03. The second-order valence-corrected chi connectivity index (χ2v) is 3.75. The summed E-state index contributed by atoms with van der Waals surface area (Å²) in [6, 6.07) is 8.48. The van der Waals surface area contributed by atoms with Crippen molar-refractivity contribution >= 4 is 5.69 Å². The van der Waals surface area contributed by atoms with Gasteiger partial charge >= 0.3 is 0 Å². The van der Waals surface area contributed by atoms with E-state index < -0.39 is 0 Å². The van der Waals surface area contributed by atoms with Crippen LogP contribution in [0.3, 0.4) is 0 Å². The van der Waals surface area contributed by atoms with Crippen molar-refractivity contribution in [2.45, 2.75) is 26.2 Å². The number of hydrogen-bond acceptors (Lipinski definition) is 1. The van der Waals surface area contributed by atoms with Crippen molar-refractivity contribution in [3.63, 3.8) is 0 Å². The van der Waals surface area contributed by atoms with Crippen molar-refractivity contribution in [3.8, 4) is 0 Å². The van der Waals surface area contributed by atoms with E-state index in [1.54, 1.807) is 0 Å². The molecule has 1 N–H and O–H groups in total. The summed E-state index contributed by atoms with van der Waals surface area (Å²) in [6.45, 7) is 9.11. The van der Waals surface area contributed by atoms with Gasteiger partial charge in [-0.05, 0) is 24.0 Å². The summed E-state index contributed by atoms with van der Waals surface area (Å²) in [5.74, 6) is 0.572. The molecule has 0 radical (unpaired) electrons. The molecule has 0 fully saturated rings. The summed E-state index contributed by atoms with van der Waals surface area (Å²) in [4.78, 5) is 0. The number of anilines is 1. The summed E-state index contributed by atoms with van der Waals surface area (Å²) in [5, 5.41) is 3.42. The Morgan fingerprint density at radius 3 is 2.71 bits per heavy atom. The summed E-state index contributed by atoms with van der Waals surface area (Å²) >= 11 is 0. The van der Waals surface area contributed by atoms with Crippen LogP contribution >= 0.6 is 0 Å². The molecule has 0 aliphatic carbocycles. The van der Waals surface area contributed by atoms with Crippen LogP contribution in [-0.4, -0.2) is 6.54 Å². The third kappa shape index (κ3) is 2.91. The van der Waals surface area contributed by atoms with Gasteiger partial charge in [-0.15, -0.1) is 6.58 Å². The van der Waals surface area contributed by atoms with Gasteiger partial charge in [-0.1, -0.05) is 38.1 Å². The van der Waals surface area contributed by atoms with E-state index in [9.17, 15) is 0 Å². The van der Waals surface area contributed by atoms with E-state index in [0.29, 0.717) is 5.92 Å². The highest BCUT2D eigenvalue weighted by Crippen LogP contribution is 2.23. The minimum Gasteiger partial charge on any atom is -0.385 e. The van der Waals surface area contributed by atoms with E-state index in [-0.39, 0.29) is 0 Å². The minimum absolute atomic E-state index is 0.572. The van der Waals surface area contributed by atoms with E-state index in [0.717, 1.165) is 13.0 Å². The molecule has 0 heterocycles. The lowest BCUT2D eigenvalue weighted by Gasteiger charge is -2.13. The molecular weight excluding hydrogens is 170 g/mol. The molecular formula is C13H19N. The van der Waals surface area contributed by atoms with Gasteiger partial charge in [0.15, 0.2) is 0 Å². The monoisotopic (exact) mass is 189 g/mol. The van der Waals surface area contributed by atoms with Crippen molar-refractivity contribution in [3.05, 3.63) is 42.5 Å². The Kier molecular flexibility index (Phi) is 4.24. The normalized spacial score (nSPS) is 10.2. The van der Waals surface area contributed by atoms with Crippen molar-refractivity contribution in [1.82, 2.24) is 0 Å². The molecule has 0 atom stereocenters. The van der Waals surface area contributed by atoms with E-state index in [2.05, 4.69) is 50.0 Å². The first-order valence-corrected chi connectivity index (χ1v) is 5.19. The first-order chi connectivity index (χ1) is 6.75. The Morgan fingerprint density at radius 1 is 1.36 bits per heavy atom. The molecule has 1 aromatic carbocycles. The predicted octanol–water partition coefficient (Wildman–Crippen LogP) is 3.80. The van der Waals surface area contributed by atoms with Crippen LogP contribution in [0.4, 0.5) is 5.69 Å². The SMILES string of the molecule is C=CCCNc1ccccc1C(C)C. The number of nitrogens with one attached hydrogen (secondary N) is 1. The van der Waals surface area contributed by atoms with Crippen LogP contribution in [-0.2, 0) is 0 Å². The van der Waals surface area contributed by atoms with Crippen LogP contribution in [0.25, 0.3) is 0 Å². The zero-order valence-corrected chi connectivity index (χ0v) is 9.09. The maximum atomic E-state index is 3.71. The Labute approximate surface area is 86.8 Å². The highest BCUT2D eigenvalue weighted by Gasteiger charge is 2.03. The Morgan fingerprint density at radius 2 is 2.07 bits per heavy atom. The van der Waals surface area contributed by atoms with E-state index >= 15 is 0 Å². The van der Waals surface area contributed by atoms with Gasteiger partial charge in [0.2, 0.25) is 0 Å². The van der Waals surface area contributed by atoms with Crippen LogP contribution in [0.15, 0.2) is 36.9 Å². The van der Waals surface area contributed by atoms with Gasteiger partial charge in [-0.25, -0.2) is 0 Å². The van der Waals surface area contributed by atoms with Crippen LogP contribution in [0.1, 0.15) is 31.7 Å². The molecule has 1 heteroatoms. The van der Waals surface area contributed by atoms with Gasteiger partial charge < -0.3 is 5.32 Å². The van der Waals surface area contributed by atoms with E-state index in [4.69, 9.17) is 0 Å². The smallest absolute Gasteiger partial charge is 0.0375 e. The van der Waals surface area contributed by atoms with Crippen LogP contribution in [0.5, 0.6) is 0 Å². The maximum absolute atomic E-state index is 3.71. The fourth-order valence-electron chi connectivity index (χ4n) is 1.47. The first-order valence-electron chi connectivity index (χ1n) is 5.19. The average Bonchev–Trinajstić information content (AvgIpc) is 2.19. The summed E-state index contributed by atoms with van der Waals surface area (Å²) in [6.07, 6.45) is 2.94. The van der Waals surface area contributed by atoms with Crippen molar-refractivity contribution in [1.29, 1.82) is 0 Å². The molecule has 0 aliphatic heterocycles. The third-order valence-electron chi connectivity index (χ3n) is 2.25. The molecule has 1 nitrogen and oxygen atoms in total. The topological polar surface area (TPSA) is 12.0 Å². The van der Waals surface area contributed by atoms with Gasteiger partial charge in [-0.2, -0.15) is 0 Å². The maximum Gasteiger partial charge on any atom is 0.0375 e. The Bertz CT molecular complexity index is 289. The zero-order valence-electron chi connectivity index (χ0n) is 9.09. The fraction of sp³-hybridized carbons (Fsp3) is 0.385. The molecule has 14 heavy (non-hydrogen) atoms. The molecule has 0 unspecified atom stereocenters. The third-order valence-corrected chi connectivity index (χ3v) is 2.25. The minimum atomic E-state index is 0.572. The molecule has 0 amide bonds. The van der Waals surface area contributed by atoms with Crippen molar-refractivity contribution in [2.24, 2.45) is 0 Å². The van der Waals surface area contributed by atoms with Crippen molar-refractivity contribution < 1.29 is 0 Å². The molecule has 1 rings (SSSR count). The number of para-hydroxylation sites is 1. The standard InChI is InChI=1S/C13H19N/c1-4-5-10-14-13-9-7-6-8-12(13)11(2)3/h4,6-9,11,14H,1,5,10H2,2-3H3. The number of benzene rings is 1. The highest BCUT2D eigenvalue weighted by atomic mass is 14.9. The largest absolute Gasteiger partial charge is 0.385 e. The van der Waals surface area contributed by atoms with Crippen molar-refractivity contribution in [2.75, 3.05) is 11.9 Å². The summed E-state index contributed by atoms with van der Waals surface area (Å²) < 4.78 is 0. The van der Waals surface area contributed by atoms with Gasteiger partial charge in [0.1, 0.15) is 0 Å². The van der Waals surface area contributed by atoms with Gasteiger partial charge in [0.05, 0.1) is 0 Å². The van der Waals surface area contributed by atoms with E-state index in [1.807, 2.05) is 6.08 Å². The van der Waals surface area contributed by atoms with Gasteiger partial charge in [0, 0.05) is 12.2 Å². The fourth-order valence-corrected chi connectivity index (χ4v) is 1.47. The molecule has 0 aliphatic rings. The lowest BCUT2D eigenvalue weighted by atomic mass is 10.0. The van der Waals surface area contributed by atoms with Crippen LogP contribution in [0.2, 0.25) is 0 Å². The zero-order chi connectivity index (χ0) is 10.4. The second kappa shape index (κ2) is 5.48. The molecule has 0 spiro atoms. The quantitative estimate of drug-likeness (QED) is 0.549. The molecule has 1 aromatic rings. The molecule has 0 saturated heterocycles. The van der Waals surface area contributed by atoms with Crippen LogP contribution in [0, 0.1) is 0 Å². The molecule has 76 valence electrons. The first kappa shape index (κ1) is 10.8.